The van der Waals surface area contributed by atoms with E-state index in [0.29, 0.717) is 16.0 Å². The van der Waals surface area contributed by atoms with Gasteiger partial charge >= 0.3 is 0 Å². The summed E-state index contributed by atoms with van der Waals surface area (Å²) in [6, 6.07) is 5.18. The van der Waals surface area contributed by atoms with Gasteiger partial charge in [-0.15, -0.1) is 0 Å². The lowest BCUT2D eigenvalue weighted by atomic mass is 9.97. The minimum atomic E-state index is -0.0581. The third kappa shape index (κ3) is 2.67. The standard InChI is InChI=1S/C14H13Cl2N3O/c15-10-6-5-8(7-11(10)16)17-14-18-12-4-2-1-3-9(12)13(20)19-14/h5-7H,1-4H2,(H2,17,18,19,20). The summed E-state index contributed by atoms with van der Waals surface area (Å²) in [4.78, 5) is 19.3. The zero-order valence-electron chi connectivity index (χ0n) is 10.7. The fourth-order valence-corrected chi connectivity index (χ4v) is 2.67. The number of anilines is 2. The Labute approximate surface area is 126 Å². The smallest absolute Gasteiger partial charge is 0.255 e. The summed E-state index contributed by atoms with van der Waals surface area (Å²) in [5, 5.41) is 4.00. The molecule has 2 N–H and O–H groups in total. The molecule has 0 aliphatic heterocycles. The Morgan fingerprint density at radius 2 is 1.95 bits per heavy atom. The molecule has 1 aliphatic carbocycles. The summed E-state index contributed by atoms with van der Waals surface area (Å²) in [6.07, 6.45) is 3.80. The van der Waals surface area contributed by atoms with Crippen LogP contribution in [0.2, 0.25) is 10.0 Å². The van der Waals surface area contributed by atoms with Crippen LogP contribution in [0.25, 0.3) is 0 Å². The van der Waals surface area contributed by atoms with Crippen LogP contribution in [0, 0.1) is 0 Å². The Kier molecular flexibility index (Phi) is 3.68. The van der Waals surface area contributed by atoms with Crippen LogP contribution in [-0.2, 0) is 12.8 Å². The first-order valence-electron chi connectivity index (χ1n) is 6.47. The van der Waals surface area contributed by atoms with E-state index in [4.69, 9.17) is 23.2 Å². The Morgan fingerprint density at radius 3 is 2.75 bits per heavy atom. The second-order valence-corrected chi connectivity index (χ2v) is 5.62. The van der Waals surface area contributed by atoms with Gasteiger partial charge in [0.2, 0.25) is 5.95 Å². The number of nitrogens with zero attached hydrogens (tertiary/aromatic N) is 1. The molecular weight excluding hydrogens is 297 g/mol. The zero-order chi connectivity index (χ0) is 14.1. The molecule has 3 rings (SSSR count). The number of nitrogens with one attached hydrogen (secondary N) is 2. The van der Waals surface area contributed by atoms with Crippen molar-refractivity contribution in [1.82, 2.24) is 9.97 Å². The molecule has 0 spiro atoms. The fraction of sp³-hybridized carbons (Fsp3) is 0.286. The summed E-state index contributed by atoms with van der Waals surface area (Å²) >= 11 is 11.8. The van der Waals surface area contributed by atoms with Gasteiger partial charge in [-0.2, -0.15) is 0 Å². The van der Waals surface area contributed by atoms with Gasteiger partial charge in [0.1, 0.15) is 0 Å². The molecule has 1 aromatic carbocycles. The number of aromatic nitrogens is 2. The lowest BCUT2D eigenvalue weighted by molar-refractivity contribution is 0.658. The molecule has 104 valence electrons. The SMILES string of the molecule is O=c1[nH]c(Nc2ccc(Cl)c(Cl)c2)nc2c1CCCC2. The van der Waals surface area contributed by atoms with Gasteiger partial charge in [0.25, 0.3) is 5.56 Å². The molecule has 0 radical (unpaired) electrons. The van der Waals surface area contributed by atoms with E-state index in [2.05, 4.69) is 15.3 Å². The van der Waals surface area contributed by atoms with E-state index in [1.54, 1.807) is 18.2 Å². The van der Waals surface area contributed by atoms with Crippen molar-refractivity contribution in [2.75, 3.05) is 5.32 Å². The predicted molar refractivity (Wildman–Crippen MR) is 81.2 cm³/mol. The average Bonchev–Trinajstić information content (AvgIpc) is 2.43. The van der Waals surface area contributed by atoms with Gasteiger partial charge < -0.3 is 5.32 Å². The monoisotopic (exact) mass is 309 g/mol. The van der Waals surface area contributed by atoms with Crippen LogP contribution < -0.4 is 10.9 Å². The number of fused-ring (bicyclic) bond motifs is 1. The first kappa shape index (κ1) is 13.5. The zero-order valence-corrected chi connectivity index (χ0v) is 12.2. The van der Waals surface area contributed by atoms with E-state index < -0.39 is 0 Å². The number of hydrogen-bond acceptors (Lipinski definition) is 3. The van der Waals surface area contributed by atoms with Crippen LogP contribution in [0.3, 0.4) is 0 Å². The van der Waals surface area contributed by atoms with Crippen LogP contribution in [0.5, 0.6) is 0 Å². The molecule has 1 heterocycles. The summed E-state index contributed by atoms with van der Waals surface area (Å²) in [5.41, 5.74) is 2.38. The van der Waals surface area contributed by atoms with E-state index in [-0.39, 0.29) is 5.56 Å². The maximum atomic E-state index is 12.0. The normalized spacial score (nSPS) is 13.9. The molecule has 0 amide bonds. The van der Waals surface area contributed by atoms with E-state index in [1.807, 2.05) is 0 Å². The van der Waals surface area contributed by atoms with E-state index in [9.17, 15) is 4.79 Å². The van der Waals surface area contributed by atoms with E-state index in [0.717, 1.165) is 42.6 Å². The third-order valence-corrected chi connectivity index (χ3v) is 4.11. The number of H-pyrrole nitrogens is 1. The van der Waals surface area contributed by atoms with Gasteiger partial charge in [0.15, 0.2) is 0 Å². The van der Waals surface area contributed by atoms with Crippen molar-refractivity contribution in [1.29, 1.82) is 0 Å². The second kappa shape index (κ2) is 5.46. The van der Waals surface area contributed by atoms with Crippen molar-refractivity contribution in [2.45, 2.75) is 25.7 Å². The van der Waals surface area contributed by atoms with Crippen LogP contribution in [-0.4, -0.2) is 9.97 Å². The van der Waals surface area contributed by atoms with Crippen LogP contribution in [0.15, 0.2) is 23.0 Å². The molecule has 0 atom stereocenters. The maximum absolute atomic E-state index is 12.0. The fourth-order valence-electron chi connectivity index (χ4n) is 2.37. The lowest BCUT2D eigenvalue weighted by Gasteiger charge is -2.15. The highest BCUT2D eigenvalue weighted by molar-refractivity contribution is 6.42. The first-order valence-corrected chi connectivity index (χ1v) is 7.23. The Hall–Kier alpha value is -1.52. The maximum Gasteiger partial charge on any atom is 0.255 e. The molecule has 1 aliphatic rings. The summed E-state index contributed by atoms with van der Waals surface area (Å²) < 4.78 is 0. The molecule has 0 saturated heterocycles. The summed E-state index contributed by atoms with van der Waals surface area (Å²) in [5.74, 6) is 0.439. The number of hydrogen-bond donors (Lipinski definition) is 2. The van der Waals surface area contributed by atoms with Gasteiger partial charge in [-0.3, -0.25) is 9.78 Å². The molecular formula is C14H13Cl2N3O. The molecule has 0 unspecified atom stereocenters. The van der Waals surface area contributed by atoms with Crippen LogP contribution in [0.4, 0.5) is 11.6 Å². The minimum Gasteiger partial charge on any atom is -0.326 e. The highest BCUT2D eigenvalue weighted by Gasteiger charge is 2.15. The molecule has 20 heavy (non-hydrogen) atoms. The van der Waals surface area contributed by atoms with Crippen molar-refractivity contribution < 1.29 is 0 Å². The largest absolute Gasteiger partial charge is 0.326 e. The second-order valence-electron chi connectivity index (χ2n) is 4.80. The Morgan fingerprint density at radius 1 is 1.15 bits per heavy atom. The number of rotatable bonds is 2. The first-order chi connectivity index (χ1) is 9.63. The summed E-state index contributed by atoms with van der Waals surface area (Å²) in [6.45, 7) is 0. The average molecular weight is 310 g/mol. The molecule has 0 bridgehead atoms. The highest BCUT2D eigenvalue weighted by atomic mass is 35.5. The van der Waals surface area contributed by atoms with Crippen molar-refractivity contribution in [3.63, 3.8) is 0 Å². The Bertz CT molecular complexity index is 712. The van der Waals surface area contributed by atoms with Crippen molar-refractivity contribution in [3.8, 4) is 0 Å². The number of benzene rings is 1. The van der Waals surface area contributed by atoms with Gasteiger partial charge in [-0.1, -0.05) is 23.2 Å². The molecule has 6 heteroatoms. The number of halogens is 2. The molecule has 0 saturated carbocycles. The molecule has 2 aromatic rings. The lowest BCUT2D eigenvalue weighted by Crippen LogP contribution is -2.22. The Balaban J connectivity index is 1.93. The minimum absolute atomic E-state index is 0.0581. The van der Waals surface area contributed by atoms with Crippen molar-refractivity contribution in [3.05, 3.63) is 49.9 Å². The predicted octanol–water partition coefficient (Wildman–Crippen LogP) is 3.70. The molecule has 4 nitrogen and oxygen atoms in total. The number of aromatic amines is 1. The summed E-state index contributed by atoms with van der Waals surface area (Å²) in [7, 11) is 0. The van der Waals surface area contributed by atoms with Gasteiger partial charge in [-0.25, -0.2) is 4.98 Å². The van der Waals surface area contributed by atoms with Crippen LogP contribution >= 0.6 is 23.2 Å². The topological polar surface area (TPSA) is 57.8 Å². The van der Waals surface area contributed by atoms with Gasteiger partial charge in [-0.05, 0) is 43.9 Å². The quantitative estimate of drug-likeness (QED) is 0.889. The van der Waals surface area contributed by atoms with Crippen molar-refractivity contribution in [2.24, 2.45) is 0 Å². The van der Waals surface area contributed by atoms with Gasteiger partial charge in [0, 0.05) is 11.3 Å². The van der Waals surface area contributed by atoms with Crippen molar-refractivity contribution >= 4 is 34.8 Å². The molecule has 0 fully saturated rings. The van der Waals surface area contributed by atoms with Crippen LogP contribution in [0.1, 0.15) is 24.1 Å². The van der Waals surface area contributed by atoms with E-state index in [1.165, 1.54) is 0 Å². The van der Waals surface area contributed by atoms with Gasteiger partial charge in [0.05, 0.1) is 15.7 Å². The number of aryl methyl sites for hydroxylation is 1. The van der Waals surface area contributed by atoms with E-state index >= 15 is 0 Å². The third-order valence-electron chi connectivity index (χ3n) is 3.37. The highest BCUT2D eigenvalue weighted by Crippen LogP contribution is 2.26. The molecule has 1 aromatic heterocycles.